The van der Waals surface area contributed by atoms with E-state index >= 15 is 0 Å². The first-order valence-electron chi connectivity index (χ1n) is 8.93. The molecule has 1 N–H and O–H groups in total. The Kier molecular flexibility index (Phi) is 4.63. The van der Waals surface area contributed by atoms with E-state index in [0.717, 1.165) is 23.1 Å². The fourth-order valence-electron chi connectivity index (χ4n) is 4.46. The molecule has 7 nitrogen and oxygen atoms in total. The number of nitrogens with one attached hydrogen (secondary N) is 1. The van der Waals surface area contributed by atoms with E-state index in [9.17, 15) is 14.9 Å². The molecule has 4 rings (SSSR count). The van der Waals surface area contributed by atoms with Crippen LogP contribution in [0.3, 0.4) is 0 Å². The van der Waals surface area contributed by atoms with Crippen LogP contribution in [0.1, 0.15) is 41.5 Å². The van der Waals surface area contributed by atoms with E-state index in [-0.39, 0.29) is 34.5 Å². The van der Waals surface area contributed by atoms with Crippen LogP contribution in [-0.2, 0) is 4.79 Å². The van der Waals surface area contributed by atoms with Gasteiger partial charge >= 0.3 is 0 Å². The topological polar surface area (TPSA) is 90.7 Å². The quantitative estimate of drug-likeness (QED) is 0.617. The molecule has 0 spiro atoms. The van der Waals surface area contributed by atoms with E-state index in [4.69, 9.17) is 21.1 Å². The lowest BCUT2D eigenvalue weighted by Gasteiger charge is -2.30. The van der Waals surface area contributed by atoms with Gasteiger partial charge in [0.15, 0.2) is 11.5 Å². The maximum absolute atomic E-state index is 12.0. The summed E-state index contributed by atoms with van der Waals surface area (Å²) in [5.74, 6) is 1.29. The molecule has 2 aromatic carbocycles. The minimum absolute atomic E-state index is 0.0179. The molecule has 1 saturated heterocycles. The number of carbonyl (C=O) groups excluding carboxylic acids is 1. The number of ether oxygens (including phenoxy) is 2. The maximum atomic E-state index is 12.0. The smallest absolute Gasteiger partial charge is 0.287 e. The van der Waals surface area contributed by atoms with Crippen LogP contribution in [0.25, 0.3) is 0 Å². The van der Waals surface area contributed by atoms with Crippen molar-refractivity contribution in [2.75, 3.05) is 14.2 Å². The van der Waals surface area contributed by atoms with Crippen LogP contribution in [0.5, 0.6) is 11.5 Å². The Hall–Kier alpha value is -2.80. The minimum atomic E-state index is -0.494. The molecule has 0 aromatic heterocycles. The van der Waals surface area contributed by atoms with E-state index < -0.39 is 4.92 Å². The Morgan fingerprint density at radius 2 is 1.82 bits per heavy atom. The van der Waals surface area contributed by atoms with Gasteiger partial charge in [0, 0.05) is 18.4 Å². The molecular formula is C20H19ClN2O5. The van der Waals surface area contributed by atoms with E-state index in [1.54, 1.807) is 26.4 Å². The molecular weight excluding hydrogens is 384 g/mol. The number of halogens is 1. The summed E-state index contributed by atoms with van der Waals surface area (Å²) in [5, 5.41) is 14.3. The Morgan fingerprint density at radius 3 is 2.43 bits per heavy atom. The standard InChI is InChI=1S/C20H19ClN2O5/c1-27-16-8-12-13(9-17(16)28-2)20-11(4-6-18(24)22-20)19(12)10-3-5-15(23(25)26)14(21)7-10/h3,5,7-9,11,19-20H,4,6H2,1-2H3,(H,22,24). The second-order valence-corrected chi connectivity index (χ2v) is 7.44. The summed E-state index contributed by atoms with van der Waals surface area (Å²) in [4.78, 5) is 22.7. The lowest BCUT2D eigenvalue weighted by atomic mass is 9.80. The third-order valence-electron chi connectivity index (χ3n) is 5.66. The lowest BCUT2D eigenvalue weighted by Crippen LogP contribution is -2.37. The minimum Gasteiger partial charge on any atom is -0.493 e. The van der Waals surface area contributed by atoms with E-state index in [0.29, 0.717) is 17.9 Å². The summed E-state index contributed by atoms with van der Waals surface area (Å²) in [6.07, 6.45) is 1.16. The van der Waals surface area contributed by atoms with Crippen molar-refractivity contribution in [1.82, 2.24) is 5.32 Å². The lowest BCUT2D eigenvalue weighted by molar-refractivity contribution is -0.384. The Balaban J connectivity index is 1.87. The molecule has 146 valence electrons. The number of nitro groups is 1. The Bertz CT molecular complexity index is 977. The highest BCUT2D eigenvalue weighted by Crippen LogP contribution is 2.54. The predicted octanol–water partition coefficient (Wildman–Crippen LogP) is 3.98. The van der Waals surface area contributed by atoms with Gasteiger partial charge in [0.2, 0.25) is 5.91 Å². The van der Waals surface area contributed by atoms with Gasteiger partial charge in [-0.3, -0.25) is 14.9 Å². The molecule has 0 radical (unpaired) electrons. The van der Waals surface area contributed by atoms with E-state index in [2.05, 4.69) is 5.32 Å². The molecule has 8 heteroatoms. The van der Waals surface area contributed by atoms with Crippen molar-refractivity contribution in [3.63, 3.8) is 0 Å². The van der Waals surface area contributed by atoms with Gasteiger partial charge in [-0.15, -0.1) is 0 Å². The number of hydrogen-bond acceptors (Lipinski definition) is 5. The monoisotopic (exact) mass is 402 g/mol. The maximum Gasteiger partial charge on any atom is 0.287 e. The number of piperidine rings is 1. The van der Waals surface area contributed by atoms with E-state index in [1.807, 2.05) is 12.1 Å². The zero-order valence-electron chi connectivity index (χ0n) is 15.4. The molecule has 1 fully saturated rings. The second kappa shape index (κ2) is 6.98. The van der Waals surface area contributed by atoms with Gasteiger partial charge < -0.3 is 14.8 Å². The summed E-state index contributed by atoms with van der Waals surface area (Å²) < 4.78 is 10.9. The first-order valence-corrected chi connectivity index (χ1v) is 9.31. The van der Waals surface area contributed by atoms with Crippen LogP contribution in [0.4, 0.5) is 5.69 Å². The third-order valence-corrected chi connectivity index (χ3v) is 5.97. The molecule has 3 unspecified atom stereocenters. The average Bonchev–Trinajstić information content (AvgIpc) is 2.98. The molecule has 1 aliphatic heterocycles. The van der Waals surface area contributed by atoms with Crippen molar-refractivity contribution >= 4 is 23.2 Å². The summed E-state index contributed by atoms with van der Waals surface area (Å²) in [6.45, 7) is 0. The van der Waals surface area contributed by atoms with Gasteiger partial charge in [-0.2, -0.15) is 0 Å². The highest BCUT2D eigenvalue weighted by atomic mass is 35.5. The summed E-state index contributed by atoms with van der Waals surface area (Å²) in [6, 6.07) is 8.53. The number of rotatable bonds is 4. The largest absolute Gasteiger partial charge is 0.493 e. The van der Waals surface area contributed by atoms with Gasteiger partial charge in [-0.05, 0) is 47.2 Å². The number of fused-ring (bicyclic) bond motifs is 3. The van der Waals surface area contributed by atoms with Crippen LogP contribution in [0.2, 0.25) is 5.02 Å². The van der Waals surface area contributed by atoms with Crippen LogP contribution in [-0.4, -0.2) is 25.1 Å². The predicted molar refractivity (Wildman–Crippen MR) is 103 cm³/mol. The Labute approximate surface area is 166 Å². The number of carbonyl (C=O) groups is 1. The highest BCUT2D eigenvalue weighted by molar-refractivity contribution is 6.32. The molecule has 0 bridgehead atoms. The van der Waals surface area contributed by atoms with Gasteiger partial charge in [0.05, 0.1) is 25.2 Å². The number of amides is 1. The molecule has 0 saturated carbocycles. The average molecular weight is 403 g/mol. The molecule has 28 heavy (non-hydrogen) atoms. The molecule has 1 aliphatic carbocycles. The molecule has 2 aromatic rings. The summed E-state index contributed by atoms with van der Waals surface area (Å²) in [5.41, 5.74) is 2.76. The number of nitrogens with zero attached hydrogens (tertiary/aromatic N) is 1. The number of hydrogen-bond donors (Lipinski definition) is 1. The van der Waals surface area contributed by atoms with Crippen LogP contribution < -0.4 is 14.8 Å². The SMILES string of the molecule is COc1cc2c(cc1OC)C(c1ccc([N+](=O)[O-])c(Cl)c1)C1CCC(=O)NC21. The van der Waals surface area contributed by atoms with Crippen molar-refractivity contribution in [2.24, 2.45) is 5.92 Å². The number of benzene rings is 2. The fourth-order valence-corrected chi connectivity index (χ4v) is 4.71. The highest BCUT2D eigenvalue weighted by Gasteiger charge is 2.45. The summed E-state index contributed by atoms with van der Waals surface area (Å²) in [7, 11) is 3.15. The van der Waals surface area contributed by atoms with Crippen molar-refractivity contribution < 1.29 is 19.2 Å². The van der Waals surface area contributed by atoms with Crippen molar-refractivity contribution in [3.8, 4) is 11.5 Å². The third kappa shape index (κ3) is 2.86. The van der Waals surface area contributed by atoms with Gasteiger partial charge in [0.1, 0.15) is 5.02 Å². The zero-order valence-corrected chi connectivity index (χ0v) is 16.2. The molecule has 1 amide bonds. The Morgan fingerprint density at radius 1 is 1.14 bits per heavy atom. The number of methoxy groups -OCH3 is 2. The normalized spacial score (nSPS) is 22.8. The van der Waals surface area contributed by atoms with Gasteiger partial charge in [-0.25, -0.2) is 0 Å². The van der Waals surface area contributed by atoms with E-state index in [1.165, 1.54) is 6.07 Å². The number of nitro benzene ring substituents is 1. The molecule has 3 atom stereocenters. The summed E-state index contributed by atoms with van der Waals surface area (Å²) >= 11 is 6.18. The van der Waals surface area contributed by atoms with Crippen molar-refractivity contribution in [3.05, 3.63) is 62.2 Å². The van der Waals surface area contributed by atoms with Crippen LogP contribution >= 0.6 is 11.6 Å². The van der Waals surface area contributed by atoms with Crippen molar-refractivity contribution in [2.45, 2.75) is 24.8 Å². The molecule has 2 aliphatic rings. The second-order valence-electron chi connectivity index (χ2n) is 7.03. The van der Waals surface area contributed by atoms with Gasteiger partial charge in [-0.1, -0.05) is 17.7 Å². The van der Waals surface area contributed by atoms with Crippen molar-refractivity contribution in [1.29, 1.82) is 0 Å². The first-order chi connectivity index (χ1) is 13.4. The van der Waals surface area contributed by atoms with Gasteiger partial charge in [0.25, 0.3) is 5.69 Å². The van der Waals surface area contributed by atoms with Crippen LogP contribution in [0.15, 0.2) is 30.3 Å². The fraction of sp³-hybridized carbons (Fsp3) is 0.350. The first kappa shape index (κ1) is 18.6. The van der Waals surface area contributed by atoms with Crippen LogP contribution in [0, 0.1) is 16.0 Å². The zero-order chi connectivity index (χ0) is 20.0. The molecule has 1 heterocycles.